The third-order valence-electron chi connectivity index (χ3n) is 4.67. The number of ether oxygens (including phenoxy) is 1. The highest BCUT2D eigenvalue weighted by Crippen LogP contribution is 2.38. The van der Waals surface area contributed by atoms with Crippen LogP contribution in [-0.2, 0) is 9.59 Å². The summed E-state index contributed by atoms with van der Waals surface area (Å²) in [6, 6.07) is 12.0. The third-order valence-corrected chi connectivity index (χ3v) is 4.67. The molecule has 29 heavy (non-hydrogen) atoms. The second-order valence-electron chi connectivity index (χ2n) is 7.02. The second kappa shape index (κ2) is 8.72. The van der Waals surface area contributed by atoms with Crippen molar-refractivity contribution < 1.29 is 23.5 Å². The Labute approximate surface area is 167 Å². The molecule has 0 bridgehead atoms. The molecule has 1 aliphatic rings. The number of halogens is 1. The van der Waals surface area contributed by atoms with Gasteiger partial charge in [0.05, 0.1) is 0 Å². The minimum Gasteiger partial charge on any atom is -0.478 e. The monoisotopic (exact) mass is 399 g/mol. The van der Waals surface area contributed by atoms with E-state index in [1.54, 1.807) is 18.2 Å². The first-order valence-electron chi connectivity index (χ1n) is 9.27. The van der Waals surface area contributed by atoms with E-state index in [9.17, 15) is 18.8 Å². The van der Waals surface area contributed by atoms with E-state index >= 15 is 0 Å². The summed E-state index contributed by atoms with van der Waals surface area (Å²) in [6.07, 6.45) is -0.125. The number of anilines is 1. The summed E-state index contributed by atoms with van der Waals surface area (Å²) in [7, 11) is 0. The minimum absolute atomic E-state index is 0.0224. The van der Waals surface area contributed by atoms with E-state index in [0.717, 1.165) is 6.42 Å². The number of nitrogens with one attached hydrogen (secondary N) is 3. The van der Waals surface area contributed by atoms with Crippen LogP contribution < -0.4 is 20.9 Å². The van der Waals surface area contributed by atoms with E-state index in [4.69, 9.17) is 4.74 Å². The summed E-state index contributed by atoms with van der Waals surface area (Å²) in [4.78, 5) is 36.1. The topological polar surface area (TPSA) is 96.5 Å². The number of para-hydroxylation sites is 1. The Morgan fingerprint density at radius 2 is 1.72 bits per heavy atom. The zero-order valence-corrected chi connectivity index (χ0v) is 16.1. The molecular weight excluding hydrogens is 377 g/mol. The van der Waals surface area contributed by atoms with Crippen molar-refractivity contribution in [2.24, 2.45) is 11.8 Å². The highest BCUT2D eigenvalue weighted by Gasteiger charge is 2.39. The van der Waals surface area contributed by atoms with Crippen molar-refractivity contribution in [2.75, 3.05) is 5.32 Å². The van der Waals surface area contributed by atoms with Crippen LogP contribution in [0.25, 0.3) is 0 Å². The maximum absolute atomic E-state index is 13.6. The quantitative estimate of drug-likeness (QED) is 0.651. The van der Waals surface area contributed by atoms with Gasteiger partial charge in [0.25, 0.3) is 11.8 Å². The van der Waals surface area contributed by atoms with Gasteiger partial charge in [-0.1, -0.05) is 19.1 Å². The van der Waals surface area contributed by atoms with Gasteiger partial charge < -0.3 is 10.1 Å². The van der Waals surface area contributed by atoms with Gasteiger partial charge in [0.1, 0.15) is 0 Å². The Balaban J connectivity index is 1.47. The van der Waals surface area contributed by atoms with Crippen LogP contribution in [0.2, 0.25) is 0 Å². The van der Waals surface area contributed by atoms with Crippen molar-refractivity contribution in [1.29, 1.82) is 0 Å². The summed E-state index contributed by atoms with van der Waals surface area (Å²) >= 11 is 0. The number of hydrazine groups is 1. The van der Waals surface area contributed by atoms with Crippen LogP contribution in [0.15, 0.2) is 48.5 Å². The number of benzene rings is 2. The van der Waals surface area contributed by atoms with Gasteiger partial charge in [-0.15, -0.1) is 0 Å². The predicted molar refractivity (Wildman–Crippen MR) is 104 cm³/mol. The molecule has 0 aromatic heterocycles. The van der Waals surface area contributed by atoms with Gasteiger partial charge in [0.2, 0.25) is 5.91 Å². The van der Waals surface area contributed by atoms with E-state index < -0.39 is 23.7 Å². The van der Waals surface area contributed by atoms with Gasteiger partial charge >= 0.3 is 0 Å². The third kappa shape index (κ3) is 5.31. The minimum atomic E-state index is -1.02. The van der Waals surface area contributed by atoms with E-state index in [-0.39, 0.29) is 17.6 Å². The lowest BCUT2D eigenvalue weighted by molar-refractivity contribution is -0.128. The van der Waals surface area contributed by atoms with Crippen LogP contribution in [0, 0.1) is 17.7 Å². The molecule has 3 rings (SSSR count). The van der Waals surface area contributed by atoms with Crippen LogP contribution in [0.1, 0.15) is 30.6 Å². The lowest BCUT2D eigenvalue weighted by atomic mass is 10.2. The van der Waals surface area contributed by atoms with Crippen molar-refractivity contribution in [3.05, 3.63) is 59.9 Å². The Morgan fingerprint density at radius 3 is 2.34 bits per heavy atom. The molecule has 3 N–H and O–H groups in total. The van der Waals surface area contributed by atoms with Crippen LogP contribution in [0.4, 0.5) is 10.1 Å². The van der Waals surface area contributed by atoms with Crippen LogP contribution in [0.5, 0.6) is 5.75 Å². The molecule has 0 saturated heterocycles. The molecule has 3 amide bonds. The van der Waals surface area contributed by atoms with E-state index in [0.29, 0.717) is 17.2 Å². The molecule has 1 fully saturated rings. The number of amides is 3. The molecule has 2 aromatic carbocycles. The van der Waals surface area contributed by atoms with Crippen molar-refractivity contribution in [2.45, 2.75) is 26.4 Å². The highest BCUT2D eigenvalue weighted by atomic mass is 19.1. The standard InChI is InChI=1S/C21H22FN3O4/c1-12-11-16(12)21(28)23-15-9-7-14(8-10-15)20(27)25-24-19(26)13(2)29-18-6-4-3-5-17(18)22/h3-10,12-13,16H,11H2,1-2H3,(H,23,28)(H,24,26)(H,25,27). The number of carbonyl (C=O) groups excluding carboxylic acids is 3. The van der Waals surface area contributed by atoms with E-state index in [2.05, 4.69) is 16.2 Å². The molecule has 2 aromatic rings. The van der Waals surface area contributed by atoms with Crippen LogP contribution >= 0.6 is 0 Å². The molecule has 0 radical (unpaired) electrons. The first-order chi connectivity index (χ1) is 13.8. The van der Waals surface area contributed by atoms with Gasteiger partial charge in [-0.2, -0.15) is 0 Å². The van der Waals surface area contributed by atoms with Gasteiger partial charge in [-0.25, -0.2) is 4.39 Å². The average molecular weight is 399 g/mol. The number of rotatable bonds is 6. The Morgan fingerprint density at radius 1 is 1.07 bits per heavy atom. The molecule has 152 valence electrons. The first kappa shape index (κ1) is 20.3. The Bertz CT molecular complexity index is 916. The highest BCUT2D eigenvalue weighted by molar-refractivity contribution is 5.97. The fourth-order valence-electron chi connectivity index (χ4n) is 2.70. The van der Waals surface area contributed by atoms with Crippen LogP contribution in [-0.4, -0.2) is 23.8 Å². The number of hydrogen-bond acceptors (Lipinski definition) is 4. The van der Waals surface area contributed by atoms with Gasteiger partial charge in [0, 0.05) is 17.2 Å². The van der Waals surface area contributed by atoms with Gasteiger partial charge in [-0.05, 0) is 55.7 Å². The largest absolute Gasteiger partial charge is 0.478 e. The number of hydrogen-bond donors (Lipinski definition) is 3. The molecule has 1 saturated carbocycles. The molecule has 8 heteroatoms. The summed E-state index contributed by atoms with van der Waals surface area (Å²) < 4.78 is 18.8. The summed E-state index contributed by atoms with van der Waals surface area (Å²) in [5, 5.41) is 2.81. The van der Waals surface area contributed by atoms with E-state index in [1.165, 1.54) is 37.3 Å². The summed E-state index contributed by atoms with van der Waals surface area (Å²) in [6.45, 7) is 3.46. The molecule has 3 atom stereocenters. The summed E-state index contributed by atoms with van der Waals surface area (Å²) in [5.41, 5.74) is 5.41. The van der Waals surface area contributed by atoms with Gasteiger partial charge in [-0.3, -0.25) is 25.2 Å². The lowest BCUT2D eigenvalue weighted by Crippen LogP contribution is -2.47. The maximum Gasteiger partial charge on any atom is 0.279 e. The molecule has 1 aliphatic carbocycles. The SMILES string of the molecule is CC(Oc1ccccc1F)C(=O)NNC(=O)c1ccc(NC(=O)C2CC2C)cc1. The van der Waals surface area contributed by atoms with Crippen molar-refractivity contribution in [1.82, 2.24) is 10.9 Å². The smallest absolute Gasteiger partial charge is 0.279 e. The second-order valence-corrected chi connectivity index (χ2v) is 7.02. The predicted octanol–water partition coefficient (Wildman–Crippen LogP) is 2.65. The fourth-order valence-corrected chi connectivity index (χ4v) is 2.70. The van der Waals surface area contributed by atoms with Crippen molar-refractivity contribution in [3.63, 3.8) is 0 Å². The molecule has 0 heterocycles. The molecule has 0 aliphatic heterocycles. The average Bonchev–Trinajstić information content (AvgIpc) is 3.45. The molecule has 0 spiro atoms. The summed E-state index contributed by atoms with van der Waals surface area (Å²) in [5.74, 6) is -1.37. The Kier molecular flexibility index (Phi) is 6.11. The lowest BCUT2D eigenvalue weighted by Gasteiger charge is -2.15. The van der Waals surface area contributed by atoms with E-state index in [1.807, 2.05) is 6.92 Å². The zero-order valence-electron chi connectivity index (χ0n) is 16.1. The normalized spacial score (nSPS) is 18.3. The maximum atomic E-state index is 13.6. The molecular formula is C21H22FN3O4. The zero-order chi connectivity index (χ0) is 21.0. The van der Waals surface area contributed by atoms with Gasteiger partial charge in [0.15, 0.2) is 17.7 Å². The van der Waals surface area contributed by atoms with Crippen molar-refractivity contribution in [3.8, 4) is 5.75 Å². The van der Waals surface area contributed by atoms with Crippen LogP contribution in [0.3, 0.4) is 0 Å². The fraction of sp³-hybridized carbons (Fsp3) is 0.286. The molecule has 7 nitrogen and oxygen atoms in total. The Hall–Kier alpha value is -3.42. The number of carbonyl (C=O) groups is 3. The first-order valence-corrected chi connectivity index (χ1v) is 9.27. The van der Waals surface area contributed by atoms with Crippen molar-refractivity contribution >= 4 is 23.4 Å². The molecule has 3 unspecified atom stereocenters.